The average Bonchev–Trinajstić information content (AvgIpc) is 3.46. The zero-order valence-electron chi connectivity index (χ0n) is 19.3. The summed E-state index contributed by atoms with van der Waals surface area (Å²) >= 11 is 1.66. The van der Waals surface area contributed by atoms with Gasteiger partial charge in [0.1, 0.15) is 5.82 Å². The highest BCUT2D eigenvalue weighted by atomic mass is 32.2. The van der Waals surface area contributed by atoms with Crippen molar-refractivity contribution in [2.75, 3.05) is 20.7 Å². The average molecular weight is 478 g/mol. The third kappa shape index (κ3) is 4.33. The first-order chi connectivity index (χ1) is 15.2. The van der Waals surface area contributed by atoms with Gasteiger partial charge in [0.25, 0.3) is 0 Å². The first kappa shape index (κ1) is 23.3. The van der Waals surface area contributed by atoms with Crippen LogP contribution in [-0.4, -0.2) is 58.6 Å². The third-order valence-corrected chi connectivity index (χ3v) is 8.84. The number of hydrogen-bond acceptors (Lipinski definition) is 6. The SMILES string of the molecule is CCn1c(CSc2nc(C)c(C)n2C[C@H]2CCCO2)nc2cc(S(=O)(=O)N(C)C)ccc21. The van der Waals surface area contributed by atoms with Crippen molar-refractivity contribution in [3.8, 4) is 0 Å². The summed E-state index contributed by atoms with van der Waals surface area (Å²) in [5, 5.41) is 0.973. The lowest BCUT2D eigenvalue weighted by molar-refractivity contribution is 0.0945. The minimum atomic E-state index is -3.50. The standard InChI is InChI=1S/C22H31N5O3S2/c1-6-26-20-10-9-18(32(28,29)25(4)5)12-19(20)24-21(26)14-31-22-23-15(2)16(3)27(22)13-17-8-7-11-30-17/h9-10,12,17H,6-8,11,13-14H2,1-5H3/t17-/m1/s1. The van der Waals surface area contributed by atoms with E-state index >= 15 is 0 Å². The largest absolute Gasteiger partial charge is 0.376 e. The summed E-state index contributed by atoms with van der Waals surface area (Å²) in [6, 6.07) is 5.17. The minimum Gasteiger partial charge on any atom is -0.376 e. The molecule has 0 aliphatic carbocycles. The van der Waals surface area contributed by atoms with Crippen LogP contribution in [0.1, 0.15) is 37.0 Å². The zero-order chi connectivity index (χ0) is 23.0. The van der Waals surface area contributed by atoms with Crippen LogP contribution in [0.3, 0.4) is 0 Å². The van der Waals surface area contributed by atoms with E-state index in [1.807, 2.05) is 13.0 Å². The van der Waals surface area contributed by atoms with Gasteiger partial charge in [-0.05, 0) is 51.8 Å². The molecule has 0 N–H and O–H groups in total. The maximum absolute atomic E-state index is 12.5. The number of sulfonamides is 1. The van der Waals surface area contributed by atoms with E-state index in [9.17, 15) is 8.42 Å². The molecule has 0 saturated carbocycles. The topological polar surface area (TPSA) is 82.2 Å². The number of aryl methyl sites for hydroxylation is 2. The van der Waals surface area contributed by atoms with Crippen molar-refractivity contribution in [1.82, 2.24) is 23.4 Å². The molecule has 0 radical (unpaired) electrons. The predicted octanol–water partition coefficient (Wildman–Crippen LogP) is 3.59. The van der Waals surface area contributed by atoms with E-state index in [-0.39, 0.29) is 11.0 Å². The molecule has 1 aromatic carbocycles. The van der Waals surface area contributed by atoms with Crippen LogP contribution in [0.15, 0.2) is 28.3 Å². The number of nitrogens with zero attached hydrogens (tertiary/aromatic N) is 5. The van der Waals surface area contributed by atoms with Crippen LogP contribution in [0.5, 0.6) is 0 Å². The van der Waals surface area contributed by atoms with E-state index in [4.69, 9.17) is 14.7 Å². The lowest BCUT2D eigenvalue weighted by atomic mass is 10.2. The molecular formula is C22H31N5O3S2. The quantitative estimate of drug-likeness (QED) is 0.461. The molecule has 8 nitrogen and oxygen atoms in total. The number of ether oxygens (including phenoxy) is 1. The number of thioether (sulfide) groups is 1. The van der Waals surface area contributed by atoms with Gasteiger partial charge in [0.05, 0.1) is 40.0 Å². The normalized spacial score (nSPS) is 17.1. The second kappa shape index (κ2) is 9.17. The van der Waals surface area contributed by atoms with Gasteiger partial charge in [-0.25, -0.2) is 22.7 Å². The van der Waals surface area contributed by atoms with Crippen molar-refractivity contribution in [2.24, 2.45) is 0 Å². The van der Waals surface area contributed by atoms with Gasteiger partial charge in [-0.1, -0.05) is 11.8 Å². The summed E-state index contributed by atoms with van der Waals surface area (Å²) in [6.07, 6.45) is 2.45. The molecule has 0 amide bonds. The molecule has 10 heteroatoms. The summed E-state index contributed by atoms with van der Waals surface area (Å²) in [5.41, 5.74) is 3.84. The first-order valence-corrected chi connectivity index (χ1v) is 13.3. The van der Waals surface area contributed by atoms with E-state index in [1.165, 1.54) is 24.1 Å². The molecule has 32 heavy (non-hydrogen) atoms. The first-order valence-electron chi connectivity index (χ1n) is 10.9. The van der Waals surface area contributed by atoms with Crippen LogP contribution in [0.4, 0.5) is 0 Å². The molecule has 0 bridgehead atoms. The van der Waals surface area contributed by atoms with Crippen molar-refractivity contribution in [1.29, 1.82) is 0 Å². The number of rotatable bonds is 8. The van der Waals surface area contributed by atoms with Gasteiger partial charge in [0, 0.05) is 32.9 Å². The number of benzene rings is 1. The van der Waals surface area contributed by atoms with Gasteiger partial charge in [-0.2, -0.15) is 0 Å². The van der Waals surface area contributed by atoms with E-state index in [0.29, 0.717) is 11.3 Å². The zero-order valence-corrected chi connectivity index (χ0v) is 21.0. The Kier molecular flexibility index (Phi) is 6.67. The summed E-state index contributed by atoms with van der Waals surface area (Å²) < 4.78 is 36.5. The smallest absolute Gasteiger partial charge is 0.242 e. The van der Waals surface area contributed by atoms with Crippen LogP contribution in [0, 0.1) is 13.8 Å². The number of imidazole rings is 2. The Morgan fingerprint density at radius 1 is 1.22 bits per heavy atom. The Morgan fingerprint density at radius 2 is 2.00 bits per heavy atom. The molecule has 3 aromatic rings. The van der Waals surface area contributed by atoms with Gasteiger partial charge >= 0.3 is 0 Å². The van der Waals surface area contributed by atoms with Crippen LogP contribution < -0.4 is 0 Å². The van der Waals surface area contributed by atoms with Crippen molar-refractivity contribution in [3.05, 3.63) is 35.4 Å². The summed E-state index contributed by atoms with van der Waals surface area (Å²) in [6.45, 7) is 8.65. The Morgan fingerprint density at radius 3 is 2.66 bits per heavy atom. The van der Waals surface area contributed by atoms with Crippen molar-refractivity contribution >= 4 is 32.8 Å². The maximum atomic E-state index is 12.5. The second-order valence-electron chi connectivity index (χ2n) is 8.31. The van der Waals surface area contributed by atoms with E-state index in [1.54, 1.807) is 23.9 Å². The van der Waals surface area contributed by atoms with Crippen molar-refractivity contribution < 1.29 is 13.2 Å². The summed E-state index contributed by atoms with van der Waals surface area (Å²) in [5.74, 6) is 1.56. The fourth-order valence-electron chi connectivity index (χ4n) is 4.06. The van der Waals surface area contributed by atoms with Gasteiger partial charge in [0.2, 0.25) is 10.0 Å². The predicted molar refractivity (Wildman–Crippen MR) is 127 cm³/mol. The lowest BCUT2D eigenvalue weighted by Gasteiger charge is -2.14. The number of aromatic nitrogens is 4. The highest BCUT2D eigenvalue weighted by Gasteiger charge is 2.22. The highest BCUT2D eigenvalue weighted by molar-refractivity contribution is 7.98. The Labute approximate surface area is 194 Å². The monoisotopic (exact) mass is 477 g/mol. The molecule has 1 saturated heterocycles. The molecule has 2 aromatic heterocycles. The minimum absolute atomic E-state index is 0.249. The number of fused-ring (bicyclic) bond motifs is 1. The highest BCUT2D eigenvalue weighted by Crippen LogP contribution is 2.29. The van der Waals surface area contributed by atoms with E-state index in [0.717, 1.165) is 54.7 Å². The molecule has 1 fully saturated rings. The lowest BCUT2D eigenvalue weighted by Crippen LogP contribution is -2.22. The van der Waals surface area contributed by atoms with Crippen molar-refractivity contribution in [2.45, 2.75) is 68.6 Å². The van der Waals surface area contributed by atoms with Crippen LogP contribution in [0.25, 0.3) is 11.0 Å². The fourth-order valence-corrected chi connectivity index (χ4v) is 6.03. The summed E-state index contributed by atoms with van der Waals surface area (Å²) in [4.78, 5) is 9.84. The van der Waals surface area contributed by atoms with E-state index in [2.05, 4.69) is 23.0 Å². The van der Waals surface area contributed by atoms with Gasteiger partial charge < -0.3 is 13.9 Å². The molecule has 1 aliphatic rings. The Balaban J connectivity index is 1.61. The molecule has 3 heterocycles. The molecule has 4 rings (SSSR count). The molecule has 174 valence electrons. The second-order valence-corrected chi connectivity index (χ2v) is 11.4. The molecule has 0 unspecified atom stereocenters. The molecule has 1 atom stereocenters. The van der Waals surface area contributed by atoms with Crippen LogP contribution in [-0.2, 0) is 33.6 Å². The van der Waals surface area contributed by atoms with Crippen LogP contribution in [0.2, 0.25) is 0 Å². The molecule has 1 aliphatic heterocycles. The Hall–Kier alpha value is -1.88. The van der Waals surface area contributed by atoms with Gasteiger partial charge in [-0.15, -0.1) is 0 Å². The number of hydrogen-bond donors (Lipinski definition) is 0. The fraction of sp³-hybridized carbons (Fsp3) is 0.545. The van der Waals surface area contributed by atoms with E-state index < -0.39 is 10.0 Å². The van der Waals surface area contributed by atoms with Crippen molar-refractivity contribution in [3.63, 3.8) is 0 Å². The Bertz CT molecular complexity index is 1220. The molecule has 0 spiro atoms. The van der Waals surface area contributed by atoms with Gasteiger partial charge in [0.15, 0.2) is 5.16 Å². The van der Waals surface area contributed by atoms with Gasteiger partial charge in [-0.3, -0.25) is 0 Å². The van der Waals surface area contributed by atoms with Crippen LogP contribution >= 0.6 is 11.8 Å². The molecular weight excluding hydrogens is 446 g/mol. The third-order valence-electron chi connectivity index (χ3n) is 6.06. The summed E-state index contributed by atoms with van der Waals surface area (Å²) in [7, 11) is -0.426. The maximum Gasteiger partial charge on any atom is 0.242 e.